The second kappa shape index (κ2) is 6.04. The van der Waals surface area contributed by atoms with Gasteiger partial charge >= 0.3 is 0 Å². The third kappa shape index (κ3) is 4.31. The van der Waals surface area contributed by atoms with Gasteiger partial charge in [0.2, 0.25) is 5.09 Å². The number of aliphatic hydroxyl groups excluding tert-OH is 1. The highest BCUT2D eigenvalue weighted by Gasteiger charge is 2.22. The van der Waals surface area contributed by atoms with Crippen molar-refractivity contribution in [1.82, 2.24) is 10.0 Å². The summed E-state index contributed by atoms with van der Waals surface area (Å²) in [7, 11) is -3.62. The van der Waals surface area contributed by atoms with E-state index in [1.54, 1.807) is 13.0 Å². The smallest absolute Gasteiger partial charge is 0.273 e. The van der Waals surface area contributed by atoms with Crippen LogP contribution in [0, 0.1) is 5.92 Å². The number of sulfonamides is 1. The van der Waals surface area contributed by atoms with E-state index in [2.05, 4.69) is 10.0 Å². The fourth-order valence-corrected chi connectivity index (χ4v) is 2.63. The van der Waals surface area contributed by atoms with Gasteiger partial charge in [0, 0.05) is 19.2 Å². The van der Waals surface area contributed by atoms with E-state index in [0.29, 0.717) is 18.3 Å². The van der Waals surface area contributed by atoms with Crippen molar-refractivity contribution in [2.24, 2.45) is 5.92 Å². The highest BCUT2D eigenvalue weighted by Crippen LogP contribution is 2.20. The first-order valence-electron chi connectivity index (χ1n) is 6.44. The number of hydrogen-bond donors (Lipinski definition) is 3. The van der Waals surface area contributed by atoms with E-state index in [-0.39, 0.29) is 24.2 Å². The molecule has 0 amide bonds. The molecule has 1 aliphatic carbocycles. The van der Waals surface area contributed by atoms with E-state index in [1.807, 2.05) is 0 Å². The van der Waals surface area contributed by atoms with Crippen molar-refractivity contribution in [1.29, 1.82) is 0 Å². The number of furan rings is 1. The Kier molecular flexibility index (Phi) is 4.62. The van der Waals surface area contributed by atoms with Crippen LogP contribution in [-0.2, 0) is 16.6 Å². The zero-order valence-corrected chi connectivity index (χ0v) is 11.7. The van der Waals surface area contributed by atoms with Gasteiger partial charge in [-0.1, -0.05) is 6.92 Å². The minimum Gasteiger partial charge on any atom is -0.447 e. The molecule has 1 aliphatic rings. The van der Waals surface area contributed by atoms with Gasteiger partial charge in [-0.25, -0.2) is 13.1 Å². The summed E-state index contributed by atoms with van der Waals surface area (Å²) in [5.74, 6) is 0.489. The average Bonchev–Trinajstić information content (AvgIpc) is 3.09. The maximum Gasteiger partial charge on any atom is 0.273 e. The Labute approximate surface area is 113 Å². The van der Waals surface area contributed by atoms with Crippen molar-refractivity contribution < 1.29 is 17.9 Å². The van der Waals surface area contributed by atoms with Crippen LogP contribution in [0.2, 0.25) is 0 Å². The monoisotopic (exact) mass is 288 g/mol. The topological polar surface area (TPSA) is 91.6 Å². The summed E-state index contributed by atoms with van der Waals surface area (Å²) in [6, 6.07) is 3.67. The second-order valence-corrected chi connectivity index (χ2v) is 6.71. The standard InChI is InChI=1S/C12H20N2O4S/c1-9(8-15)6-14-19(16,17)12-5-4-11(18-12)7-13-10-2-3-10/h4-5,9-10,13-15H,2-3,6-8H2,1H3. The Bertz CT molecular complexity index is 508. The Hall–Kier alpha value is -0.890. The van der Waals surface area contributed by atoms with Crippen molar-refractivity contribution in [3.63, 3.8) is 0 Å². The molecular formula is C12H20N2O4S. The van der Waals surface area contributed by atoms with Gasteiger partial charge in [0.1, 0.15) is 5.76 Å². The highest BCUT2D eigenvalue weighted by molar-refractivity contribution is 7.89. The lowest BCUT2D eigenvalue weighted by Gasteiger charge is -2.08. The van der Waals surface area contributed by atoms with Crippen LogP contribution in [0.5, 0.6) is 0 Å². The molecular weight excluding hydrogens is 268 g/mol. The van der Waals surface area contributed by atoms with Gasteiger partial charge in [-0.05, 0) is 30.9 Å². The fraction of sp³-hybridized carbons (Fsp3) is 0.667. The van der Waals surface area contributed by atoms with Gasteiger partial charge in [-0.3, -0.25) is 0 Å². The van der Waals surface area contributed by atoms with E-state index in [9.17, 15) is 8.42 Å². The molecule has 1 aromatic rings. The first-order valence-corrected chi connectivity index (χ1v) is 7.92. The first-order chi connectivity index (χ1) is 9.01. The number of rotatable bonds is 8. The van der Waals surface area contributed by atoms with E-state index in [1.165, 1.54) is 18.9 Å². The predicted octanol–water partition coefficient (Wildman–Crippen LogP) is 0.438. The van der Waals surface area contributed by atoms with Crippen LogP contribution in [0.25, 0.3) is 0 Å². The van der Waals surface area contributed by atoms with Gasteiger partial charge in [-0.2, -0.15) is 0 Å². The van der Waals surface area contributed by atoms with Gasteiger partial charge in [0.05, 0.1) is 6.54 Å². The largest absolute Gasteiger partial charge is 0.447 e. The quantitative estimate of drug-likeness (QED) is 0.645. The van der Waals surface area contributed by atoms with Crippen molar-refractivity contribution in [2.75, 3.05) is 13.2 Å². The maximum atomic E-state index is 11.9. The van der Waals surface area contributed by atoms with Crippen LogP contribution in [0.3, 0.4) is 0 Å². The molecule has 0 saturated heterocycles. The lowest BCUT2D eigenvalue weighted by molar-refractivity contribution is 0.238. The second-order valence-electron chi connectivity index (χ2n) is 5.02. The molecule has 2 rings (SSSR count). The van der Waals surface area contributed by atoms with Crippen LogP contribution in [0.1, 0.15) is 25.5 Å². The molecule has 1 unspecified atom stereocenters. The minimum atomic E-state index is -3.62. The fourth-order valence-electron chi connectivity index (χ4n) is 1.52. The lowest BCUT2D eigenvalue weighted by atomic mass is 10.2. The molecule has 1 atom stereocenters. The molecule has 108 valence electrons. The van der Waals surface area contributed by atoms with Crippen molar-refractivity contribution in [3.8, 4) is 0 Å². The van der Waals surface area contributed by atoms with E-state index in [4.69, 9.17) is 9.52 Å². The number of nitrogens with one attached hydrogen (secondary N) is 2. The Morgan fingerprint density at radius 2 is 2.21 bits per heavy atom. The summed E-state index contributed by atoms with van der Waals surface area (Å²) < 4.78 is 31.6. The van der Waals surface area contributed by atoms with E-state index in [0.717, 1.165) is 0 Å². The van der Waals surface area contributed by atoms with Gasteiger partial charge in [0.15, 0.2) is 0 Å². The molecule has 1 heterocycles. The summed E-state index contributed by atoms with van der Waals surface area (Å²) in [5, 5.41) is 12.0. The Balaban J connectivity index is 1.91. The zero-order valence-electron chi connectivity index (χ0n) is 10.9. The third-order valence-electron chi connectivity index (χ3n) is 2.98. The van der Waals surface area contributed by atoms with Crippen molar-refractivity contribution >= 4 is 10.0 Å². The van der Waals surface area contributed by atoms with Gasteiger partial charge in [0.25, 0.3) is 10.0 Å². The highest BCUT2D eigenvalue weighted by atomic mass is 32.2. The molecule has 1 fully saturated rings. The number of hydrogen-bond acceptors (Lipinski definition) is 5. The SMILES string of the molecule is CC(CO)CNS(=O)(=O)c1ccc(CNC2CC2)o1. The van der Waals surface area contributed by atoms with Crippen molar-refractivity contribution in [2.45, 2.75) is 37.4 Å². The molecule has 0 aromatic carbocycles. The number of aliphatic hydroxyl groups is 1. The molecule has 1 aromatic heterocycles. The maximum absolute atomic E-state index is 11.9. The molecule has 1 saturated carbocycles. The minimum absolute atomic E-state index is 0.0583. The first kappa shape index (κ1) is 14.5. The molecule has 7 heteroatoms. The van der Waals surface area contributed by atoms with Gasteiger partial charge < -0.3 is 14.8 Å². The summed E-state index contributed by atoms with van der Waals surface area (Å²) >= 11 is 0. The summed E-state index contributed by atoms with van der Waals surface area (Å²) in [5.41, 5.74) is 0. The lowest BCUT2D eigenvalue weighted by Crippen LogP contribution is -2.29. The third-order valence-corrected chi connectivity index (χ3v) is 4.27. The molecule has 0 aliphatic heterocycles. The van der Waals surface area contributed by atoms with Crippen LogP contribution in [0.15, 0.2) is 21.6 Å². The Morgan fingerprint density at radius 1 is 1.47 bits per heavy atom. The molecule has 0 bridgehead atoms. The van der Waals surface area contributed by atoms with Crippen molar-refractivity contribution in [3.05, 3.63) is 17.9 Å². The molecule has 19 heavy (non-hydrogen) atoms. The summed E-state index contributed by atoms with van der Waals surface area (Å²) in [6.45, 7) is 2.44. The van der Waals surface area contributed by atoms with Crippen LogP contribution in [-0.4, -0.2) is 32.7 Å². The zero-order chi connectivity index (χ0) is 13.9. The molecule has 6 nitrogen and oxygen atoms in total. The van der Waals surface area contributed by atoms with Gasteiger partial charge in [-0.15, -0.1) is 0 Å². The molecule has 3 N–H and O–H groups in total. The van der Waals surface area contributed by atoms with Crippen LogP contribution in [0.4, 0.5) is 0 Å². The summed E-state index contributed by atoms with van der Waals surface area (Å²) in [4.78, 5) is 0. The Morgan fingerprint density at radius 3 is 2.84 bits per heavy atom. The molecule has 0 radical (unpaired) electrons. The molecule has 0 spiro atoms. The van der Waals surface area contributed by atoms with Crippen LogP contribution < -0.4 is 10.0 Å². The normalized spacial score (nSPS) is 17.6. The predicted molar refractivity (Wildman–Crippen MR) is 70.0 cm³/mol. The van der Waals surface area contributed by atoms with Crippen LogP contribution >= 0.6 is 0 Å². The summed E-state index contributed by atoms with van der Waals surface area (Å²) in [6.07, 6.45) is 2.35. The van der Waals surface area contributed by atoms with E-state index < -0.39 is 10.0 Å². The average molecular weight is 288 g/mol. The van der Waals surface area contributed by atoms with E-state index >= 15 is 0 Å².